The molecule has 0 bridgehead atoms. The number of aromatic carboxylic acids is 1. The molecular weight excluding hydrogens is 276 g/mol. The molecule has 2 aromatic heterocycles. The van der Waals surface area contributed by atoms with Crippen molar-refractivity contribution in [3.8, 4) is 11.1 Å². The summed E-state index contributed by atoms with van der Waals surface area (Å²) in [5, 5.41) is 8.97. The number of nitrogens with zero attached hydrogens (tertiary/aromatic N) is 2. The highest BCUT2D eigenvalue weighted by atomic mass is 16.4. The Morgan fingerprint density at radius 2 is 1.82 bits per heavy atom. The van der Waals surface area contributed by atoms with Crippen LogP contribution in [0.15, 0.2) is 42.7 Å². The highest BCUT2D eigenvalue weighted by Gasteiger charge is 2.10. The van der Waals surface area contributed by atoms with E-state index in [1.807, 2.05) is 29.7 Å². The number of imidazole rings is 1. The molecule has 22 heavy (non-hydrogen) atoms. The summed E-state index contributed by atoms with van der Waals surface area (Å²) in [6.45, 7) is 6.30. The molecule has 3 aromatic rings. The van der Waals surface area contributed by atoms with Crippen LogP contribution in [-0.4, -0.2) is 20.5 Å². The number of rotatable bonds is 3. The molecule has 0 saturated heterocycles. The molecule has 0 aliphatic rings. The van der Waals surface area contributed by atoms with Crippen LogP contribution in [0.2, 0.25) is 0 Å². The minimum atomic E-state index is -0.908. The summed E-state index contributed by atoms with van der Waals surface area (Å²) < 4.78 is 2.05. The first-order chi connectivity index (χ1) is 10.5. The van der Waals surface area contributed by atoms with Gasteiger partial charge in [-0.3, -0.25) is 0 Å². The molecule has 0 amide bonds. The zero-order valence-electron chi connectivity index (χ0n) is 12.9. The number of carbonyl (C=O) groups is 1. The monoisotopic (exact) mass is 294 g/mol. The van der Waals surface area contributed by atoms with Crippen LogP contribution in [-0.2, 0) is 0 Å². The van der Waals surface area contributed by atoms with Gasteiger partial charge in [0.15, 0.2) is 0 Å². The summed E-state index contributed by atoms with van der Waals surface area (Å²) in [5.41, 5.74) is 5.48. The van der Waals surface area contributed by atoms with Gasteiger partial charge in [-0.1, -0.05) is 26.0 Å². The Bertz CT molecular complexity index is 845. The van der Waals surface area contributed by atoms with E-state index in [9.17, 15) is 4.79 Å². The van der Waals surface area contributed by atoms with Gasteiger partial charge in [-0.15, -0.1) is 0 Å². The van der Waals surface area contributed by atoms with Crippen molar-refractivity contribution in [1.82, 2.24) is 9.38 Å². The Morgan fingerprint density at radius 1 is 1.14 bits per heavy atom. The minimum Gasteiger partial charge on any atom is -0.478 e. The highest BCUT2D eigenvalue weighted by molar-refractivity contribution is 5.88. The number of hydrogen-bond donors (Lipinski definition) is 1. The van der Waals surface area contributed by atoms with E-state index < -0.39 is 5.97 Å². The van der Waals surface area contributed by atoms with E-state index in [1.54, 1.807) is 12.1 Å². The van der Waals surface area contributed by atoms with Gasteiger partial charge in [0.2, 0.25) is 0 Å². The summed E-state index contributed by atoms with van der Waals surface area (Å²) in [6, 6.07) is 9.02. The van der Waals surface area contributed by atoms with Gasteiger partial charge in [0.05, 0.1) is 11.3 Å². The van der Waals surface area contributed by atoms with Gasteiger partial charge in [-0.05, 0) is 47.7 Å². The lowest BCUT2D eigenvalue weighted by atomic mass is 10.0. The largest absolute Gasteiger partial charge is 0.478 e. The quantitative estimate of drug-likeness (QED) is 0.790. The number of benzene rings is 1. The van der Waals surface area contributed by atoms with E-state index in [4.69, 9.17) is 5.11 Å². The van der Waals surface area contributed by atoms with E-state index >= 15 is 0 Å². The first-order valence-corrected chi connectivity index (χ1v) is 7.28. The Labute approximate surface area is 129 Å². The van der Waals surface area contributed by atoms with Crippen LogP contribution in [0.25, 0.3) is 16.8 Å². The van der Waals surface area contributed by atoms with Crippen LogP contribution >= 0.6 is 0 Å². The van der Waals surface area contributed by atoms with Gasteiger partial charge in [-0.25, -0.2) is 9.78 Å². The number of fused-ring (bicyclic) bond motifs is 1. The molecule has 0 aliphatic heterocycles. The molecule has 0 radical (unpaired) electrons. The molecule has 3 rings (SSSR count). The number of carboxylic acid groups (broad SMARTS) is 1. The predicted molar refractivity (Wildman–Crippen MR) is 86.4 cm³/mol. The Kier molecular flexibility index (Phi) is 3.45. The van der Waals surface area contributed by atoms with Crippen LogP contribution in [0, 0.1) is 6.92 Å². The molecule has 0 atom stereocenters. The van der Waals surface area contributed by atoms with Crippen LogP contribution in [0.5, 0.6) is 0 Å². The SMILES string of the molecule is Cc1cc(-c2ccc(C(=O)O)cc2)cn2cc(C(C)C)nc12. The Balaban J connectivity index is 2.09. The standard InChI is InChI=1S/C18H18N2O2/c1-11(2)16-10-20-9-15(8-12(3)17(20)19-16)13-4-6-14(7-5-13)18(21)22/h4-11H,1-3H3,(H,21,22). The molecule has 4 heteroatoms. The Hall–Kier alpha value is -2.62. The molecule has 2 heterocycles. The summed E-state index contributed by atoms with van der Waals surface area (Å²) >= 11 is 0. The van der Waals surface area contributed by atoms with E-state index in [0.29, 0.717) is 11.5 Å². The van der Waals surface area contributed by atoms with E-state index in [1.165, 1.54) is 0 Å². The van der Waals surface area contributed by atoms with E-state index in [-0.39, 0.29) is 0 Å². The van der Waals surface area contributed by atoms with Crippen LogP contribution < -0.4 is 0 Å². The summed E-state index contributed by atoms with van der Waals surface area (Å²) in [4.78, 5) is 15.6. The lowest BCUT2D eigenvalue weighted by Crippen LogP contribution is -1.95. The zero-order valence-corrected chi connectivity index (χ0v) is 12.9. The topological polar surface area (TPSA) is 54.6 Å². The lowest BCUT2D eigenvalue weighted by molar-refractivity contribution is 0.0697. The van der Waals surface area contributed by atoms with E-state index in [0.717, 1.165) is 28.0 Å². The second-order valence-corrected chi connectivity index (χ2v) is 5.85. The van der Waals surface area contributed by atoms with Crippen molar-refractivity contribution in [3.05, 3.63) is 59.5 Å². The lowest BCUT2D eigenvalue weighted by Gasteiger charge is -2.06. The van der Waals surface area contributed by atoms with Gasteiger partial charge >= 0.3 is 5.97 Å². The van der Waals surface area contributed by atoms with Gasteiger partial charge in [0.25, 0.3) is 0 Å². The molecule has 0 aliphatic carbocycles. The second kappa shape index (κ2) is 5.30. The first kappa shape index (κ1) is 14.3. The fraction of sp³-hybridized carbons (Fsp3) is 0.222. The van der Waals surface area contributed by atoms with Crippen molar-refractivity contribution in [2.24, 2.45) is 0 Å². The van der Waals surface area contributed by atoms with Crippen molar-refractivity contribution in [1.29, 1.82) is 0 Å². The van der Waals surface area contributed by atoms with Crippen molar-refractivity contribution in [2.75, 3.05) is 0 Å². The van der Waals surface area contributed by atoms with Crippen LogP contribution in [0.3, 0.4) is 0 Å². The average molecular weight is 294 g/mol. The fourth-order valence-corrected chi connectivity index (χ4v) is 2.53. The van der Waals surface area contributed by atoms with Crippen LogP contribution in [0.4, 0.5) is 0 Å². The molecule has 0 unspecified atom stereocenters. The third kappa shape index (κ3) is 2.48. The molecule has 112 valence electrons. The van der Waals surface area contributed by atoms with Gasteiger partial charge in [0, 0.05) is 12.4 Å². The van der Waals surface area contributed by atoms with Crippen molar-refractivity contribution in [3.63, 3.8) is 0 Å². The minimum absolute atomic E-state index is 0.297. The second-order valence-electron chi connectivity index (χ2n) is 5.85. The smallest absolute Gasteiger partial charge is 0.335 e. The normalized spacial score (nSPS) is 11.3. The maximum Gasteiger partial charge on any atom is 0.335 e. The third-order valence-electron chi connectivity index (χ3n) is 3.81. The van der Waals surface area contributed by atoms with Gasteiger partial charge in [-0.2, -0.15) is 0 Å². The maximum atomic E-state index is 10.9. The molecule has 0 fully saturated rings. The Morgan fingerprint density at radius 3 is 2.41 bits per heavy atom. The summed E-state index contributed by atoms with van der Waals surface area (Å²) in [7, 11) is 0. The number of aromatic nitrogens is 2. The maximum absolute atomic E-state index is 10.9. The van der Waals surface area contributed by atoms with E-state index in [2.05, 4.69) is 31.1 Å². The van der Waals surface area contributed by atoms with Crippen molar-refractivity contribution >= 4 is 11.6 Å². The molecule has 0 spiro atoms. The van der Waals surface area contributed by atoms with Gasteiger partial charge in [0.1, 0.15) is 5.65 Å². The number of aryl methyl sites for hydroxylation is 1. The predicted octanol–water partition coefficient (Wildman–Crippen LogP) is 4.13. The van der Waals surface area contributed by atoms with Gasteiger partial charge < -0.3 is 9.51 Å². The number of pyridine rings is 1. The average Bonchev–Trinajstić information content (AvgIpc) is 2.92. The molecule has 1 N–H and O–H groups in total. The molecular formula is C18H18N2O2. The molecule has 1 aromatic carbocycles. The molecule has 0 saturated carbocycles. The number of hydrogen-bond acceptors (Lipinski definition) is 2. The van der Waals surface area contributed by atoms with Crippen molar-refractivity contribution in [2.45, 2.75) is 26.7 Å². The summed E-state index contributed by atoms with van der Waals surface area (Å²) in [5.74, 6) is -0.521. The fourth-order valence-electron chi connectivity index (χ4n) is 2.53. The highest BCUT2D eigenvalue weighted by Crippen LogP contribution is 2.24. The molecule has 4 nitrogen and oxygen atoms in total. The summed E-state index contributed by atoms with van der Waals surface area (Å²) in [6.07, 6.45) is 4.10. The number of carboxylic acids is 1. The zero-order chi connectivity index (χ0) is 15.9. The first-order valence-electron chi connectivity index (χ1n) is 7.28. The van der Waals surface area contributed by atoms with Crippen LogP contribution in [0.1, 0.15) is 41.4 Å². The third-order valence-corrected chi connectivity index (χ3v) is 3.81. The van der Waals surface area contributed by atoms with Crippen molar-refractivity contribution < 1.29 is 9.90 Å².